The van der Waals surface area contributed by atoms with E-state index in [1.54, 1.807) is 26.8 Å². The molecule has 8 heteroatoms. The molecule has 0 spiro atoms. The van der Waals surface area contributed by atoms with Gasteiger partial charge in [0.05, 0.1) is 18.0 Å². The second-order valence-electron chi connectivity index (χ2n) is 7.50. The number of unbranched alkanes of at least 4 members (excludes halogenated alkanes) is 2. The van der Waals surface area contributed by atoms with Gasteiger partial charge in [-0.3, -0.25) is 4.79 Å². The zero-order valence-corrected chi connectivity index (χ0v) is 19.4. The second kappa shape index (κ2) is 13.0. The quantitative estimate of drug-likeness (QED) is 0.312. The van der Waals surface area contributed by atoms with Gasteiger partial charge in [-0.15, -0.1) is 0 Å². The molecule has 0 aromatic heterocycles. The van der Waals surface area contributed by atoms with Crippen molar-refractivity contribution in [2.24, 2.45) is 5.73 Å². The fraction of sp³-hybridized carbons (Fsp3) is 0.458. The molecule has 0 atom stereocenters. The predicted octanol–water partition coefficient (Wildman–Crippen LogP) is 5.44. The van der Waals surface area contributed by atoms with Crippen molar-refractivity contribution in [1.82, 2.24) is 0 Å². The first-order valence-corrected chi connectivity index (χ1v) is 10.7. The third-order valence-corrected chi connectivity index (χ3v) is 4.21. The Hall–Kier alpha value is -2.71. The molecular formula is C24H34F2N2O4. The third kappa shape index (κ3) is 9.20. The lowest BCUT2D eigenvalue weighted by atomic mass is 10.1. The number of hydrogen-bond donors (Lipinski definition) is 3. The Kier molecular flexibility index (Phi) is 11.1. The molecule has 178 valence electrons. The van der Waals surface area contributed by atoms with E-state index in [0.29, 0.717) is 19.4 Å². The largest absolute Gasteiger partial charge is 0.493 e. The van der Waals surface area contributed by atoms with Crippen molar-refractivity contribution >= 4 is 17.3 Å². The SMILES string of the molecule is CC.Cc1ccc(Nc2cc(F)cc(OCCCCCOC(C)(C)O)c2C(N)=O)c(F)c1. The van der Waals surface area contributed by atoms with Crippen LogP contribution in [0.4, 0.5) is 20.2 Å². The van der Waals surface area contributed by atoms with Crippen LogP contribution < -0.4 is 15.8 Å². The molecule has 6 nitrogen and oxygen atoms in total. The van der Waals surface area contributed by atoms with E-state index in [1.165, 1.54) is 12.1 Å². The van der Waals surface area contributed by atoms with Crippen LogP contribution in [-0.2, 0) is 4.74 Å². The summed E-state index contributed by atoms with van der Waals surface area (Å²) in [6, 6.07) is 6.66. The van der Waals surface area contributed by atoms with Gasteiger partial charge < -0.3 is 25.6 Å². The van der Waals surface area contributed by atoms with Crippen LogP contribution in [0.5, 0.6) is 5.75 Å². The van der Waals surface area contributed by atoms with Gasteiger partial charge in [-0.25, -0.2) is 8.78 Å². The Labute approximate surface area is 188 Å². The summed E-state index contributed by atoms with van der Waals surface area (Å²) in [5.41, 5.74) is 6.26. The van der Waals surface area contributed by atoms with Gasteiger partial charge in [0.15, 0.2) is 5.79 Å². The first-order chi connectivity index (χ1) is 15.1. The maximum Gasteiger partial charge on any atom is 0.254 e. The molecule has 2 rings (SSSR count). The maximum absolute atomic E-state index is 14.2. The van der Waals surface area contributed by atoms with Crippen LogP contribution in [0.2, 0.25) is 0 Å². The summed E-state index contributed by atoms with van der Waals surface area (Å²) in [5, 5.41) is 12.2. The molecule has 0 saturated heterocycles. The molecule has 32 heavy (non-hydrogen) atoms. The Bertz CT molecular complexity index is 883. The van der Waals surface area contributed by atoms with Crippen molar-refractivity contribution in [3.05, 3.63) is 53.1 Å². The van der Waals surface area contributed by atoms with E-state index >= 15 is 0 Å². The first kappa shape index (κ1) is 27.3. The van der Waals surface area contributed by atoms with Gasteiger partial charge in [0, 0.05) is 12.7 Å². The van der Waals surface area contributed by atoms with Crippen LogP contribution in [-0.4, -0.2) is 30.0 Å². The van der Waals surface area contributed by atoms with Gasteiger partial charge in [-0.05, 0) is 63.8 Å². The van der Waals surface area contributed by atoms with Crippen LogP contribution in [0.1, 0.15) is 62.9 Å². The molecule has 0 saturated carbocycles. The van der Waals surface area contributed by atoms with Crippen LogP contribution in [0.25, 0.3) is 0 Å². The van der Waals surface area contributed by atoms with E-state index < -0.39 is 23.3 Å². The minimum absolute atomic E-state index is 0.00902. The van der Waals surface area contributed by atoms with E-state index in [-0.39, 0.29) is 29.3 Å². The van der Waals surface area contributed by atoms with E-state index in [4.69, 9.17) is 15.2 Å². The molecule has 0 aliphatic carbocycles. The van der Waals surface area contributed by atoms with Crippen LogP contribution >= 0.6 is 0 Å². The lowest BCUT2D eigenvalue weighted by Crippen LogP contribution is -2.23. The van der Waals surface area contributed by atoms with E-state index in [1.807, 2.05) is 13.8 Å². The Balaban J connectivity index is 0.00000249. The topological polar surface area (TPSA) is 93.8 Å². The number of primary amides is 1. The Morgan fingerprint density at radius 1 is 1.06 bits per heavy atom. The number of carbonyl (C=O) groups excluding carboxylic acids is 1. The van der Waals surface area contributed by atoms with Crippen molar-refractivity contribution in [2.75, 3.05) is 18.5 Å². The maximum atomic E-state index is 14.2. The molecule has 0 unspecified atom stereocenters. The lowest BCUT2D eigenvalue weighted by Gasteiger charge is -2.18. The molecule has 0 fully saturated rings. The van der Waals surface area contributed by atoms with Crippen molar-refractivity contribution in [1.29, 1.82) is 0 Å². The number of rotatable bonds is 11. The summed E-state index contributed by atoms with van der Waals surface area (Å²) in [7, 11) is 0. The summed E-state index contributed by atoms with van der Waals surface area (Å²) < 4.78 is 39.1. The summed E-state index contributed by atoms with van der Waals surface area (Å²) >= 11 is 0. The molecule has 2 aromatic rings. The molecule has 0 aliphatic heterocycles. The van der Waals surface area contributed by atoms with Crippen molar-refractivity contribution < 1.29 is 28.2 Å². The lowest BCUT2D eigenvalue weighted by molar-refractivity contribution is -0.176. The summed E-state index contributed by atoms with van der Waals surface area (Å²) in [6.07, 6.45) is 2.08. The highest BCUT2D eigenvalue weighted by Gasteiger charge is 2.19. The van der Waals surface area contributed by atoms with Crippen LogP contribution in [0.3, 0.4) is 0 Å². The van der Waals surface area contributed by atoms with Gasteiger partial charge in [0.1, 0.15) is 22.9 Å². The molecule has 4 N–H and O–H groups in total. The number of hydrogen-bond acceptors (Lipinski definition) is 5. The minimum Gasteiger partial charge on any atom is -0.493 e. The van der Waals surface area contributed by atoms with E-state index in [0.717, 1.165) is 24.1 Å². The van der Waals surface area contributed by atoms with Gasteiger partial charge in [0.25, 0.3) is 5.91 Å². The summed E-state index contributed by atoms with van der Waals surface area (Å²) in [6.45, 7) is 9.47. The Morgan fingerprint density at radius 3 is 2.31 bits per heavy atom. The number of carbonyl (C=O) groups is 1. The highest BCUT2D eigenvalue weighted by molar-refractivity contribution is 6.02. The van der Waals surface area contributed by atoms with Gasteiger partial charge in [0.2, 0.25) is 0 Å². The minimum atomic E-state index is -1.17. The second-order valence-corrected chi connectivity index (χ2v) is 7.50. The van der Waals surface area contributed by atoms with Crippen molar-refractivity contribution in [3.8, 4) is 5.75 Å². The highest BCUT2D eigenvalue weighted by atomic mass is 19.1. The molecule has 0 aliphatic rings. The standard InChI is InChI=1S/C22H28F2N2O4.C2H6/c1-14-7-8-17(16(24)11-14)26-18-12-15(23)13-19(20(18)21(25)27)29-9-5-4-6-10-30-22(2,3)28;1-2/h7-8,11-13,26,28H,4-6,9-10H2,1-3H3,(H2,25,27);1-2H3. The molecule has 0 radical (unpaired) electrons. The number of aryl methyl sites for hydroxylation is 1. The molecule has 0 heterocycles. The summed E-state index contributed by atoms with van der Waals surface area (Å²) in [5.74, 6) is -3.19. The normalized spacial score (nSPS) is 10.9. The summed E-state index contributed by atoms with van der Waals surface area (Å²) in [4.78, 5) is 12.0. The zero-order valence-electron chi connectivity index (χ0n) is 19.4. The highest BCUT2D eigenvalue weighted by Crippen LogP contribution is 2.31. The number of amides is 1. The zero-order chi connectivity index (χ0) is 24.3. The number of aliphatic hydroxyl groups is 1. The van der Waals surface area contributed by atoms with E-state index in [9.17, 15) is 18.7 Å². The van der Waals surface area contributed by atoms with Gasteiger partial charge >= 0.3 is 0 Å². The predicted molar refractivity (Wildman–Crippen MR) is 122 cm³/mol. The number of anilines is 2. The smallest absolute Gasteiger partial charge is 0.254 e. The van der Waals surface area contributed by atoms with Crippen LogP contribution in [0, 0.1) is 18.6 Å². The first-order valence-electron chi connectivity index (χ1n) is 10.7. The number of halogens is 2. The number of nitrogens with two attached hydrogens (primary N) is 1. The van der Waals surface area contributed by atoms with Crippen LogP contribution in [0.15, 0.2) is 30.3 Å². The fourth-order valence-electron chi connectivity index (χ4n) is 2.80. The molecule has 1 amide bonds. The molecular weight excluding hydrogens is 418 g/mol. The van der Waals surface area contributed by atoms with Crippen molar-refractivity contribution in [2.45, 2.75) is 59.7 Å². The fourth-order valence-corrected chi connectivity index (χ4v) is 2.80. The Morgan fingerprint density at radius 2 is 1.72 bits per heavy atom. The molecule has 0 bridgehead atoms. The monoisotopic (exact) mass is 452 g/mol. The van der Waals surface area contributed by atoms with Gasteiger partial charge in [-0.2, -0.15) is 0 Å². The number of nitrogens with one attached hydrogen (secondary N) is 1. The average Bonchev–Trinajstić information content (AvgIpc) is 2.69. The number of ether oxygens (including phenoxy) is 2. The average molecular weight is 453 g/mol. The van der Waals surface area contributed by atoms with E-state index in [2.05, 4.69) is 5.32 Å². The van der Waals surface area contributed by atoms with Crippen molar-refractivity contribution in [3.63, 3.8) is 0 Å². The van der Waals surface area contributed by atoms with Gasteiger partial charge in [-0.1, -0.05) is 19.9 Å². The third-order valence-electron chi connectivity index (χ3n) is 4.21. The number of benzene rings is 2. The molecule has 2 aromatic carbocycles.